The van der Waals surface area contributed by atoms with Crippen molar-refractivity contribution in [2.24, 2.45) is 0 Å². The third-order valence-corrected chi connectivity index (χ3v) is 6.91. The highest BCUT2D eigenvalue weighted by molar-refractivity contribution is 5.83. The molecule has 2 aliphatic heterocycles. The first-order valence-corrected chi connectivity index (χ1v) is 10.7. The monoisotopic (exact) mass is 425 g/mol. The number of hydrogen-bond acceptors (Lipinski definition) is 8. The lowest BCUT2D eigenvalue weighted by molar-refractivity contribution is -0.412. The third kappa shape index (κ3) is 3.45. The van der Waals surface area contributed by atoms with Crippen molar-refractivity contribution in [3.05, 3.63) is 0 Å². The summed E-state index contributed by atoms with van der Waals surface area (Å²) in [4.78, 5) is 19.6. The quantitative estimate of drug-likeness (QED) is 0.662. The van der Waals surface area contributed by atoms with Crippen LogP contribution in [0, 0.1) is 11.3 Å². The Balaban J connectivity index is 2.75. The minimum atomic E-state index is -2.30. The van der Waals surface area contributed by atoms with Gasteiger partial charge < -0.3 is 15.1 Å². The molecular formula is C22H39N3O5. The molecule has 30 heavy (non-hydrogen) atoms. The molecule has 0 aromatic heterocycles. The number of ether oxygens (including phenoxy) is 1. The summed E-state index contributed by atoms with van der Waals surface area (Å²) in [6.45, 7) is 16.4. The van der Waals surface area contributed by atoms with Crippen LogP contribution in [-0.2, 0) is 14.4 Å². The van der Waals surface area contributed by atoms with Crippen LogP contribution in [0.25, 0.3) is 0 Å². The summed E-state index contributed by atoms with van der Waals surface area (Å²) in [6.07, 6.45) is 2.40. The summed E-state index contributed by atoms with van der Waals surface area (Å²) in [6, 6.07) is 2.11. The molecule has 2 saturated heterocycles. The summed E-state index contributed by atoms with van der Waals surface area (Å²) in [7, 11) is 0. The van der Waals surface area contributed by atoms with E-state index in [-0.39, 0.29) is 13.0 Å². The van der Waals surface area contributed by atoms with Gasteiger partial charge in [0.05, 0.1) is 12.1 Å². The number of nitrogens with zero attached hydrogens (tertiary/aromatic N) is 3. The summed E-state index contributed by atoms with van der Waals surface area (Å²) >= 11 is 0. The molecule has 2 fully saturated rings. The fourth-order valence-corrected chi connectivity index (χ4v) is 5.50. The fourth-order valence-electron chi connectivity index (χ4n) is 5.50. The van der Waals surface area contributed by atoms with Gasteiger partial charge in [-0.2, -0.15) is 15.4 Å². The van der Waals surface area contributed by atoms with E-state index in [9.17, 15) is 20.4 Å². The molecule has 2 rings (SSSR count). The number of carbonyl (C=O) groups is 1. The van der Waals surface area contributed by atoms with Gasteiger partial charge in [-0.1, -0.05) is 0 Å². The van der Waals surface area contributed by atoms with Crippen molar-refractivity contribution in [1.29, 1.82) is 5.26 Å². The minimum Gasteiger partial charge on any atom is -0.464 e. The van der Waals surface area contributed by atoms with Crippen LogP contribution in [0.4, 0.5) is 0 Å². The van der Waals surface area contributed by atoms with Gasteiger partial charge in [0.25, 0.3) is 0 Å². The maximum atomic E-state index is 13.1. The molecule has 0 amide bonds. The number of aliphatic hydroxyl groups is 1. The van der Waals surface area contributed by atoms with Crippen LogP contribution in [0.5, 0.6) is 0 Å². The van der Waals surface area contributed by atoms with Crippen LogP contribution >= 0.6 is 0 Å². The van der Waals surface area contributed by atoms with Crippen LogP contribution in [0.1, 0.15) is 88.0 Å². The topological polar surface area (TPSA) is 106 Å². The molecule has 0 saturated carbocycles. The largest absolute Gasteiger partial charge is 0.464 e. The highest BCUT2D eigenvalue weighted by Gasteiger charge is 2.75. The SMILES string of the molecule is CCOC(=O)C1(O)CC(C)(C)N(O)C(C)(C)C1(C#N)ON1C(C)(C)CCCC1(C)C. The molecule has 0 aromatic carbocycles. The van der Waals surface area contributed by atoms with E-state index in [4.69, 9.17) is 9.57 Å². The molecular weight excluding hydrogens is 386 g/mol. The van der Waals surface area contributed by atoms with Gasteiger partial charge in [-0.25, -0.2) is 4.79 Å². The molecule has 0 bridgehead atoms. The maximum absolute atomic E-state index is 13.1. The molecule has 2 heterocycles. The predicted molar refractivity (Wildman–Crippen MR) is 111 cm³/mol. The Morgan fingerprint density at radius 1 is 1.03 bits per heavy atom. The van der Waals surface area contributed by atoms with Crippen LogP contribution in [0.3, 0.4) is 0 Å². The Kier molecular flexibility index (Phi) is 6.19. The van der Waals surface area contributed by atoms with Crippen molar-refractivity contribution >= 4 is 5.97 Å². The zero-order valence-corrected chi connectivity index (χ0v) is 20.0. The van der Waals surface area contributed by atoms with Crippen molar-refractivity contribution in [2.75, 3.05) is 6.61 Å². The molecule has 172 valence electrons. The van der Waals surface area contributed by atoms with Crippen molar-refractivity contribution in [3.63, 3.8) is 0 Å². The molecule has 0 aromatic rings. The van der Waals surface area contributed by atoms with Gasteiger partial charge in [0.2, 0.25) is 11.2 Å². The van der Waals surface area contributed by atoms with Gasteiger partial charge >= 0.3 is 5.97 Å². The molecule has 2 N–H and O–H groups in total. The Morgan fingerprint density at radius 2 is 1.53 bits per heavy atom. The normalized spacial score (nSPS) is 35.4. The number of piperidine rings is 2. The highest BCUT2D eigenvalue weighted by Crippen LogP contribution is 2.53. The van der Waals surface area contributed by atoms with Crippen molar-refractivity contribution < 1.29 is 24.7 Å². The number of rotatable bonds is 4. The molecule has 0 aliphatic carbocycles. The standard InChI is InChI=1S/C22H39N3O5/c1-10-29-16(26)21(27)14-19(6,7)24(28)20(8,9)22(21,15-23)30-25-17(2,3)12-11-13-18(25,4)5/h27-28H,10-14H2,1-9H3. The first-order chi connectivity index (χ1) is 13.5. The van der Waals surface area contributed by atoms with Gasteiger partial charge in [0.15, 0.2) is 0 Å². The van der Waals surface area contributed by atoms with Crippen molar-refractivity contribution in [3.8, 4) is 6.07 Å². The van der Waals surface area contributed by atoms with E-state index < -0.39 is 39.3 Å². The van der Waals surface area contributed by atoms with Crippen LogP contribution in [0.2, 0.25) is 0 Å². The Labute approximate surface area is 180 Å². The number of hydroxylamine groups is 4. The van der Waals surface area contributed by atoms with Gasteiger partial charge in [-0.05, 0) is 81.6 Å². The van der Waals surface area contributed by atoms with Crippen LogP contribution in [0.15, 0.2) is 0 Å². The van der Waals surface area contributed by atoms with Crippen molar-refractivity contribution in [2.45, 2.75) is 121 Å². The third-order valence-electron chi connectivity index (χ3n) is 6.91. The summed E-state index contributed by atoms with van der Waals surface area (Å²) < 4.78 is 5.22. The number of carbonyl (C=O) groups excluding carboxylic acids is 1. The second-order valence-electron chi connectivity index (χ2n) is 11.1. The molecule has 2 aliphatic rings. The lowest BCUT2D eigenvalue weighted by Crippen LogP contribution is -2.83. The van der Waals surface area contributed by atoms with E-state index in [1.807, 2.05) is 27.7 Å². The zero-order chi connectivity index (χ0) is 23.4. The van der Waals surface area contributed by atoms with E-state index >= 15 is 0 Å². The smallest absolute Gasteiger partial charge is 0.342 e. The van der Waals surface area contributed by atoms with Crippen LogP contribution in [-0.4, -0.2) is 66.4 Å². The molecule has 8 nitrogen and oxygen atoms in total. The Bertz CT molecular complexity index is 711. The first-order valence-electron chi connectivity index (χ1n) is 10.7. The van der Waals surface area contributed by atoms with Crippen molar-refractivity contribution in [1.82, 2.24) is 10.1 Å². The number of nitriles is 1. The lowest BCUT2D eigenvalue weighted by atomic mass is 9.61. The molecule has 0 spiro atoms. The first kappa shape index (κ1) is 25.0. The number of esters is 1. The lowest BCUT2D eigenvalue weighted by Gasteiger charge is -2.63. The van der Waals surface area contributed by atoms with E-state index in [0.29, 0.717) is 0 Å². The highest BCUT2D eigenvalue weighted by atomic mass is 16.7. The van der Waals surface area contributed by atoms with E-state index in [0.717, 1.165) is 24.3 Å². The minimum absolute atomic E-state index is 0.0487. The molecule has 2 atom stereocenters. The molecule has 2 unspecified atom stereocenters. The summed E-state index contributed by atoms with van der Waals surface area (Å²) in [5.41, 5.74) is -7.79. The maximum Gasteiger partial charge on any atom is 0.342 e. The predicted octanol–water partition coefficient (Wildman–Crippen LogP) is 3.17. The fraction of sp³-hybridized carbons (Fsp3) is 0.909. The van der Waals surface area contributed by atoms with E-state index in [1.165, 1.54) is 0 Å². The number of hydrogen-bond donors (Lipinski definition) is 2. The van der Waals surface area contributed by atoms with Gasteiger partial charge in [0.1, 0.15) is 6.07 Å². The van der Waals surface area contributed by atoms with E-state index in [1.54, 1.807) is 39.7 Å². The summed E-state index contributed by atoms with van der Waals surface area (Å²) in [5.74, 6) is -0.923. The van der Waals surface area contributed by atoms with Gasteiger partial charge in [-0.3, -0.25) is 4.84 Å². The average molecular weight is 426 g/mol. The van der Waals surface area contributed by atoms with E-state index in [2.05, 4.69) is 6.07 Å². The average Bonchev–Trinajstić information content (AvgIpc) is 2.58. The van der Waals surface area contributed by atoms with Crippen LogP contribution < -0.4 is 0 Å². The summed E-state index contributed by atoms with van der Waals surface area (Å²) in [5, 5.41) is 36.2. The second-order valence-corrected chi connectivity index (χ2v) is 11.1. The molecule has 0 radical (unpaired) electrons. The zero-order valence-electron chi connectivity index (χ0n) is 20.0. The van der Waals surface area contributed by atoms with Gasteiger partial charge in [0, 0.05) is 23.0 Å². The second kappa shape index (κ2) is 7.42. The Morgan fingerprint density at radius 3 is 1.97 bits per heavy atom. The Hall–Kier alpha value is -1.24. The van der Waals surface area contributed by atoms with Gasteiger partial charge in [-0.15, -0.1) is 0 Å². The molecule has 8 heteroatoms.